The molecule has 0 saturated carbocycles. The number of nitrogens with zero attached hydrogens (tertiary/aromatic N) is 3. The molecule has 1 aliphatic rings. The van der Waals surface area contributed by atoms with Crippen molar-refractivity contribution in [1.82, 2.24) is 14.5 Å². The minimum absolute atomic E-state index is 0.299. The summed E-state index contributed by atoms with van der Waals surface area (Å²) in [7, 11) is 5.17. The average molecular weight is 347 g/mol. The molecule has 2 aromatic rings. The topological polar surface area (TPSA) is 69.0 Å². The fraction of sp³-hybridized carbons (Fsp3) is 0.500. The minimum Gasteiger partial charge on any atom is -0.493 e. The number of piperidine rings is 1. The highest BCUT2D eigenvalue weighted by atomic mass is 16.5. The predicted molar refractivity (Wildman–Crippen MR) is 93.1 cm³/mol. The molecule has 0 spiro atoms. The fourth-order valence-electron chi connectivity index (χ4n) is 3.04. The molecule has 7 heteroatoms. The molecule has 1 saturated heterocycles. The van der Waals surface area contributed by atoms with Crippen molar-refractivity contribution in [2.45, 2.75) is 25.2 Å². The molecule has 3 rings (SSSR count). The molecule has 0 unspecified atom stereocenters. The standard InChI is InChI=1S/C18H25N3O4/c1-20-9-7-19-18(20)12-21-8-6-14(22)17(11-21)25-13-4-5-15(23-2)16(10-13)24-3/h4-5,7,9-10,14,17,22H,6,8,11-12H2,1-3H3/t14-,17-/m1/s1. The number of aliphatic hydroxyl groups excluding tert-OH is 1. The van der Waals surface area contributed by atoms with Crippen LogP contribution in [0, 0.1) is 0 Å². The summed E-state index contributed by atoms with van der Waals surface area (Å²) in [6.07, 6.45) is 3.61. The summed E-state index contributed by atoms with van der Waals surface area (Å²) in [4.78, 5) is 6.62. The molecule has 136 valence electrons. The number of benzene rings is 1. The van der Waals surface area contributed by atoms with E-state index in [2.05, 4.69) is 9.88 Å². The number of aryl methyl sites for hydroxylation is 1. The van der Waals surface area contributed by atoms with Gasteiger partial charge in [-0.2, -0.15) is 0 Å². The first-order chi connectivity index (χ1) is 12.1. The van der Waals surface area contributed by atoms with E-state index in [0.717, 1.165) is 18.9 Å². The SMILES string of the molecule is COc1ccc(O[C@@H]2CN(Cc3nccn3C)CC[C@H]2O)cc1OC. The highest BCUT2D eigenvalue weighted by molar-refractivity contribution is 5.45. The van der Waals surface area contributed by atoms with Gasteiger partial charge >= 0.3 is 0 Å². The van der Waals surface area contributed by atoms with Crippen LogP contribution >= 0.6 is 0 Å². The summed E-state index contributed by atoms with van der Waals surface area (Å²) in [5, 5.41) is 10.3. The maximum Gasteiger partial charge on any atom is 0.164 e. The molecule has 0 amide bonds. The van der Waals surface area contributed by atoms with Gasteiger partial charge in [0.1, 0.15) is 17.7 Å². The van der Waals surface area contributed by atoms with Crippen LogP contribution in [0.3, 0.4) is 0 Å². The highest BCUT2D eigenvalue weighted by Gasteiger charge is 2.30. The van der Waals surface area contributed by atoms with E-state index in [-0.39, 0.29) is 6.10 Å². The smallest absolute Gasteiger partial charge is 0.164 e. The summed E-state index contributed by atoms with van der Waals surface area (Å²) >= 11 is 0. The normalized spacial score (nSPS) is 21.1. The van der Waals surface area contributed by atoms with Crippen LogP contribution in [0.2, 0.25) is 0 Å². The van der Waals surface area contributed by atoms with Crippen molar-refractivity contribution in [3.8, 4) is 17.2 Å². The Balaban J connectivity index is 1.67. The van der Waals surface area contributed by atoms with E-state index in [1.54, 1.807) is 32.5 Å². The largest absolute Gasteiger partial charge is 0.493 e. The number of aromatic nitrogens is 2. The second-order valence-electron chi connectivity index (χ2n) is 6.22. The van der Waals surface area contributed by atoms with Crippen LogP contribution < -0.4 is 14.2 Å². The maximum absolute atomic E-state index is 10.3. The van der Waals surface area contributed by atoms with Crippen LogP contribution in [0.15, 0.2) is 30.6 Å². The number of hydrogen-bond donors (Lipinski definition) is 1. The van der Waals surface area contributed by atoms with E-state index >= 15 is 0 Å². The first-order valence-corrected chi connectivity index (χ1v) is 8.36. The van der Waals surface area contributed by atoms with Crippen molar-refractivity contribution in [3.63, 3.8) is 0 Å². The second kappa shape index (κ2) is 7.76. The van der Waals surface area contributed by atoms with Gasteiger partial charge in [-0.25, -0.2) is 4.98 Å². The van der Waals surface area contributed by atoms with Crippen molar-refractivity contribution in [1.29, 1.82) is 0 Å². The molecule has 1 aromatic heterocycles. The molecule has 1 aromatic carbocycles. The van der Waals surface area contributed by atoms with Crippen molar-refractivity contribution in [2.75, 3.05) is 27.3 Å². The van der Waals surface area contributed by atoms with E-state index in [0.29, 0.717) is 30.2 Å². The summed E-state index contributed by atoms with van der Waals surface area (Å²) in [6, 6.07) is 5.41. The molecule has 0 bridgehead atoms. The lowest BCUT2D eigenvalue weighted by atomic mass is 10.0. The number of aliphatic hydroxyl groups is 1. The molecule has 7 nitrogen and oxygen atoms in total. The van der Waals surface area contributed by atoms with E-state index in [9.17, 15) is 5.11 Å². The third-order valence-corrected chi connectivity index (χ3v) is 4.54. The van der Waals surface area contributed by atoms with Gasteiger partial charge in [0.25, 0.3) is 0 Å². The van der Waals surface area contributed by atoms with Gasteiger partial charge in [0.2, 0.25) is 0 Å². The lowest BCUT2D eigenvalue weighted by Gasteiger charge is -2.36. The first-order valence-electron chi connectivity index (χ1n) is 8.36. The Morgan fingerprint density at radius 1 is 1.24 bits per heavy atom. The molecular weight excluding hydrogens is 322 g/mol. The Hall–Kier alpha value is -2.25. The number of methoxy groups -OCH3 is 2. The number of likely N-dealkylation sites (tertiary alicyclic amines) is 1. The van der Waals surface area contributed by atoms with Gasteiger partial charge in [0, 0.05) is 38.6 Å². The molecule has 25 heavy (non-hydrogen) atoms. The van der Waals surface area contributed by atoms with Crippen molar-refractivity contribution in [2.24, 2.45) is 7.05 Å². The Morgan fingerprint density at radius 2 is 2.04 bits per heavy atom. The third-order valence-electron chi connectivity index (χ3n) is 4.54. The van der Waals surface area contributed by atoms with E-state index in [4.69, 9.17) is 14.2 Å². The van der Waals surface area contributed by atoms with Gasteiger partial charge in [-0.1, -0.05) is 0 Å². The summed E-state index contributed by atoms with van der Waals surface area (Å²) in [5.74, 6) is 2.91. The molecule has 1 aliphatic heterocycles. The van der Waals surface area contributed by atoms with Crippen LogP contribution in [-0.4, -0.2) is 59.1 Å². The van der Waals surface area contributed by atoms with Gasteiger partial charge in [0.05, 0.1) is 26.9 Å². The van der Waals surface area contributed by atoms with E-state index < -0.39 is 6.10 Å². The fourth-order valence-corrected chi connectivity index (χ4v) is 3.04. The van der Waals surface area contributed by atoms with Gasteiger partial charge in [-0.15, -0.1) is 0 Å². The van der Waals surface area contributed by atoms with Crippen LogP contribution in [0.25, 0.3) is 0 Å². The van der Waals surface area contributed by atoms with Gasteiger partial charge in [0.15, 0.2) is 11.5 Å². The van der Waals surface area contributed by atoms with Crippen LogP contribution in [0.5, 0.6) is 17.2 Å². The molecule has 0 aliphatic carbocycles. The van der Waals surface area contributed by atoms with Gasteiger partial charge in [-0.3, -0.25) is 4.90 Å². The average Bonchev–Trinajstić information content (AvgIpc) is 3.02. The highest BCUT2D eigenvalue weighted by Crippen LogP contribution is 2.32. The quantitative estimate of drug-likeness (QED) is 0.853. The Labute approximate surface area is 147 Å². The Kier molecular flexibility index (Phi) is 5.45. The predicted octanol–water partition coefficient (Wildman–Crippen LogP) is 1.45. The van der Waals surface area contributed by atoms with Gasteiger partial charge in [-0.05, 0) is 18.6 Å². The lowest BCUT2D eigenvalue weighted by molar-refractivity contribution is -0.0276. The number of hydrogen-bond acceptors (Lipinski definition) is 6. The van der Waals surface area contributed by atoms with Crippen molar-refractivity contribution >= 4 is 0 Å². The van der Waals surface area contributed by atoms with E-state index in [1.807, 2.05) is 23.9 Å². The lowest BCUT2D eigenvalue weighted by Crippen LogP contribution is -2.49. The summed E-state index contributed by atoms with van der Waals surface area (Å²) in [5.41, 5.74) is 0. The zero-order valence-electron chi connectivity index (χ0n) is 14.9. The summed E-state index contributed by atoms with van der Waals surface area (Å²) in [6.45, 7) is 2.20. The Morgan fingerprint density at radius 3 is 2.72 bits per heavy atom. The number of imidazole rings is 1. The molecule has 1 fully saturated rings. The van der Waals surface area contributed by atoms with Gasteiger partial charge < -0.3 is 23.9 Å². The Bertz CT molecular complexity index is 703. The van der Waals surface area contributed by atoms with Crippen LogP contribution in [0.4, 0.5) is 0 Å². The van der Waals surface area contributed by atoms with Crippen LogP contribution in [-0.2, 0) is 13.6 Å². The molecule has 1 N–H and O–H groups in total. The maximum atomic E-state index is 10.3. The second-order valence-corrected chi connectivity index (χ2v) is 6.22. The summed E-state index contributed by atoms with van der Waals surface area (Å²) < 4.78 is 18.6. The minimum atomic E-state index is -0.495. The third kappa shape index (κ3) is 4.05. The van der Waals surface area contributed by atoms with Crippen molar-refractivity contribution in [3.05, 3.63) is 36.4 Å². The van der Waals surface area contributed by atoms with Crippen molar-refractivity contribution < 1.29 is 19.3 Å². The molecule has 2 heterocycles. The monoisotopic (exact) mass is 347 g/mol. The molecular formula is C18H25N3O4. The zero-order valence-corrected chi connectivity index (χ0v) is 14.9. The molecule has 2 atom stereocenters. The van der Waals surface area contributed by atoms with Crippen LogP contribution in [0.1, 0.15) is 12.2 Å². The van der Waals surface area contributed by atoms with E-state index in [1.165, 1.54) is 0 Å². The first kappa shape index (κ1) is 17.6. The number of rotatable bonds is 6. The zero-order chi connectivity index (χ0) is 17.8. The number of ether oxygens (including phenoxy) is 3. The molecule has 0 radical (unpaired) electrons.